The number of aromatic nitrogens is 4. The molecule has 1 aromatic heterocycles. The first-order valence-electron chi connectivity index (χ1n) is 7.68. The summed E-state index contributed by atoms with van der Waals surface area (Å²) in [6.45, 7) is 0. The Morgan fingerprint density at radius 2 is 2.00 bits per heavy atom. The van der Waals surface area contributed by atoms with Crippen LogP contribution in [-0.2, 0) is 0 Å². The summed E-state index contributed by atoms with van der Waals surface area (Å²) in [4.78, 5) is 0. The predicted octanol–water partition coefficient (Wildman–Crippen LogP) is 2.97. The van der Waals surface area contributed by atoms with Gasteiger partial charge in [0.05, 0.1) is 19.2 Å². The number of hydrogen-bond donors (Lipinski definition) is 1. The maximum atomic E-state index is 13.6. The third kappa shape index (κ3) is 2.58. The summed E-state index contributed by atoms with van der Waals surface area (Å²) in [6, 6.07) is 14.4. The molecule has 24 heavy (non-hydrogen) atoms. The normalized spacial score (nSPS) is 19.4. The lowest BCUT2D eigenvalue weighted by atomic mass is 9.93. The van der Waals surface area contributed by atoms with E-state index in [0.717, 1.165) is 16.9 Å². The molecule has 6 nitrogen and oxygen atoms in total. The molecule has 122 valence electrons. The number of rotatable bonds is 3. The second-order valence-electron chi connectivity index (χ2n) is 5.72. The SMILES string of the molecule is COc1ccc([C@H]2C[C@H](c3cccc(F)c3)n3nnnc3N2)cc1. The molecule has 0 fully saturated rings. The van der Waals surface area contributed by atoms with E-state index in [1.807, 2.05) is 30.3 Å². The Morgan fingerprint density at radius 1 is 1.17 bits per heavy atom. The highest BCUT2D eigenvalue weighted by atomic mass is 19.1. The van der Waals surface area contributed by atoms with E-state index in [2.05, 4.69) is 20.8 Å². The van der Waals surface area contributed by atoms with E-state index in [-0.39, 0.29) is 17.9 Å². The van der Waals surface area contributed by atoms with E-state index in [1.165, 1.54) is 12.1 Å². The van der Waals surface area contributed by atoms with Crippen molar-refractivity contribution in [2.75, 3.05) is 12.4 Å². The van der Waals surface area contributed by atoms with Crippen LogP contribution in [0.5, 0.6) is 5.75 Å². The molecule has 0 bridgehead atoms. The van der Waals surface area contributed by atoms with E-state index in [0.29, 0.717) is 12.4 Å². The molecule has 0 spiro atoms. The molecule has 0 saturated heterocycles. The van der Waals surface area contributed by atoms with Gasteiger partial charge in [0.1, 0.15) is 11.6 Å². The minimum atomic E-state index is -0.262. The third-order valence-electron chi connectivity index (χ3n) is 4.30. The smallest absolute Gasteiger partial charge is 0.243 e. The van der Waals surface area contributed by atoms with Crippen LogP contribution in [0, 0.1) is 5.82 Å². The van der Waals surface area contributed by atoms with E-state index in [9.17, 15) is 4.39 Å². The fraction of sp³-hybridized carbons (Fsp3) is 0.235. The van der Waals surface area contributed by atoms with Gasteiger partial charge in [-0.2, -0.15) is 0 Å². The van der Waals surface area contributed by atoms with Crippen molar-refractivity contribution in [2.24, 2.45) is 0 Å². The molecular weight excluding hydrogens is 309 g/mol. The summed E-state index contributed by atoms with van der Waals surface area (Å²) >= 11 is 0. The van der Waals surface area contributed by atoms with E-state index >= 15 is 0 Å². The van der Waals surface area contributed by atoms with Crippen molar-refractivity contribution in [1.29, 1.82) is 0 Å². The molecule has 1 aliphatic rings. The summed E-state index contributed by atoms with van der Waals surface area (Å²) in [6.07, 6.45) is 0.716. The molecule has 1 N–H and O–H groups in total. The lowest BCUT2D eigenvalue weighted by Crippen LogP contribution is -2.28. The first-order chi connectivity index (χ1) is 11.7. The molecule has 0 radical (unpaired) electrons. The molecule has 0 saturated carbocycles. The zero-order valence-electron chi connectivity index (χ0n) is 13.1. The van der Waals surface area contributed by atoms with Gasteiger partial charge < -0.3 is 10.1 Å². The van der Waals surface area contributed by atoms with Gasteiger partial charge in [-0.05, 0) is 52.2 Å². The molecule has 0 unspecified atom stereocenters. The topological polar surface area (TPSA) is 64.9 Å². The summed E-state index contributed by atoms with van der Waals surface area (Å²) in [5, 5.41) is 15.2. The third-order valence-corrected chi connectivity index (χ3v) is 4.30. The Morgan fingerprint density at radius 3 is 2.75 bits per heavy atom. The van der Waals surface area contributed by atoms with Crippen LogP contribution in [0.15, 0.2) is 48.5 Å². The maximum Gasteiger partial charge on any atom is 0.243 e. The number of halogens is 1. The molecule has 0 aliphatic carbocycles. The lowest BCUT2D eigenvalue weighted by molar-refractivity contribution is 0.412. The molecule has 4 rings (SSSR count). The summed E-state index contributed by atoms with van der Waals surface area (Å²) in [7, 11) is 1.64. The van der Waals surface area contributed by atoms with Gasteiger partial charge in [0.15, 0.2) is 0 Å². The van der Waals surface area contributed by atoms with Crippen LogP contribution < -0.4 is 10.1 Å². The van der Waals surface area contributed by atoms with Crippen molar-refractivity contribution < 1.29 is 9.13 Å². The van der Waals surface area contributed by atoms with E-state index < -0.39 is 0 Å². The number of hydrogen-bond acceptors (Lipinski definition) is 5. The Bertz CT molecular complexity index is 848. The van der Waals surface area contributed by atoms with Gasteiger partial charge in [-0.1, -0.05) is 29.4 Å². The van der Waals surface area contributed by atoms with Gasteiger partial charge in [-0.3, -0.25) is 0 Å². The van der Waals surface area contributed by atoms with Gasteiger partial charge >= 0.3 is 0 Å². The fourth-order valence-corrected chi connectivity index (χ4v) is 3.08. The molecule has 2 heterocycles. The standard InChI is InChI=1S/C17H16FN5O/c1-24-14-7-5-11(6-8-14)15-10-16(12-3-2-4-13(18)9-12)23-17(19-15)20-21-22-23/h2-9,15-16H,10H2,1H3,(H,19,20,22)/t15-,16-/m1/s1. The van der Waals surface area contributed by atoms with Gasteiger partial charge in [0.2, 0.25) is 5.95 Å². The Hall–Kier alpha value is -2.96. The van der Waals surface area contributed by atoms with Gasteiger partial charge in [0.25, 0.3) is 0 Å². The van der Waals surface area contributed by atoms with Crippen molar-refractivity contribution in [3.8, 4) is 5.75 Å². The molecule has 0 amide bonds. The second-order valence-corrected chi connectivity index (χ2v) is 5.72. The molecule has 2 aromatic carbocycles. The summed E-state index contributed by atoms with van der Waals surface area (Å²) in [5.74, 6) is 1.12. The number of anilines is 1. The second kappa shape index (κ2) is 5.92. The number of fused-ring (bicyclic) bond motifs is 1. The molecule has 1 aliphatic heterocycles. The van der Waals surface area contributed by atoms with Crippen LogP contribution in [0.2, 0.25) is 0 Å². The number of nitrogens with zero attached hydrogens (tertiary/aromatic N) is 4. The van der Waals surface area contributed by atoms with Gasteiger partial charge in [-0.15, -0.1) is 0 Å². The van der Waals surface area contributed by atoms with E-state index in [4.69, 9.17) is 4.74 Å². The van der Waals surface area contributed by atoms with Crippen LogP contribution in [-0.4, -0.2) is 27.3 Å². The van der Waals surface area contributed by atoms with Crippen LogP contribution in [0.3, 0.4) is 0 Å². The van der Waals surface area contributed by atoms with Crippen LogP contribution in [0.4, 0.5) is 10.3 Å². The van der Waals surface area contributed by atoms with Crippen LogP contribution in [0.1, 0.15) is 29.6 Å². The molecule has 3 aromatic rings. The maximum absolute atomic E-state index is 13.6. The van der Waals surface area contributed by atoms with Gasteiger partial charge in [0, 0.05) is 0 Å². The number of benzene rings is 2. The molecule has 7 heteroatoms. The minimum Gasteiger partial charge on any atom is -0.497 e. The number of methoxy groups -OCH3 is 1. The lowest BCUT2D eigenvalue weighted by Gasteiger charge is -2.31. The average molecular weight is 325 g/mol. The zero-order chi connectivity index (χ0) is 16.5. The highest BCUT2D eigenvalue weighted by molar-refractivity contribution is 5.39. The number of ether oxygens (including phenoxy) is 1. The fourth-order valence-electron chi connectivity index (χ4n) is 3.08. The summed E-state index contributed by atoms with van der Waals surface area (Å²) < 4.78 is 20.5. The Labute approximate surface area is 138 Å². The minimum absolute atomic E-state index is 0.0303. The Kier molecular flexibility index (Phi) is 3.60. The average Bonchev–Trinajstić information content (AvgIpc) is 3.09. The van der Waals surface area contributed by atoms with Crippen molar-refractivity contribution in [3.05, 3.63) is 65.5 Å². The number of nitrogens with one attached hydrogen (secondary N) is 1. The monoisotopic (exact) mass is 325 g/mol. The molecular formula is C17H16FN5O. The molecule has 2 atom stereocenters. The quantitative estimate of drug-likeness (QED) is 0.802. The van der Waals surface area contributed by atoms with Crippen molar-refractivity contribution in [2.45, 2.75) is 18.5 Å². The summed E-state index contributed by atoms with van der Waals surface area (Å²) in [5.41, 5.74) is 1.95. The van der Waals surface area contributed by atoms with Crippen LogP contribution >= 0.6 is 0 Å². The highest BCUT2D eigenvalue weighted by Crippen LogP contribution is 2.37. The Balaban J connectivity index is 1.70. The van der Waals surface area contributed by atoms with Crippen LogP contribution in [0.25, 0.3) is 0 Å². The van der Waals surface area contributed by atoms with Crippen molar-refractivity contribution in [1.82, 2.24) is 20.2 Å². The predicted molar refractivity (Wildman–Crippen MR) is 86.3 cm³/mol. The van der Waals surface area contributed by atoms with Crippen molar-refractivity contribution >= 4 is 5.95 Å². The first-order valence-corrected chi connectivity index (χ1v) is 7.68. The first kappa shape index (κ1) is 14.6. The van der Waals surface area contributed by atoms with E-state index in [1.54, 1.807) is 17.9 Å². The largest absolute Gasteiger partial charge is 0.497 e. The van der Waals surface area contributed by atoms with Gasteiger partial charge in [-0.25, -0.2) is 9.07 Å². The number of tetrazole rings is 1. The van der Waals surface area contributed by atoms with Crippen molar-refractivity contribution in [3.63, 3.8) is 0 Å². The zero-order valence-corrected chi connectivity index (χ0v) is 13.1. The highest BCUT2D eigenvalue weighted by Gasteiger charge is 2.30.